The zero-order chi connectivity index (χ0) is 9.73. The van der Waals surface area contributed by atoms with Crippen LogP contribution < -0.4 is 4.89 Å². The molecule has 4 nitrogen and oxygen atoms in total. The Kier molecular flexibility index (Phi) is 6.24. The monoisotopic (exact) mass is 243 g/mol. The average molecular weight is 244 g/mol. The Morgan fingerprint density at radius 3 is 1.45 bits per heavy atom. The summed E-state index contributed by atoms with van der Waals surface area (Å²) in [5.74, 6) is -5.36. The zero-order valence-corrected chi connectivity index (χ0v) is 9.07. The van der Waals surface area contributed by atoms with E-state index >= 15 is 0 Å². The van der Waals surface area contributed by atoms with Crippen molar-refractivity contribution in [2.24, 2.45) is 0 Å². The van der Waals surface area contributed by atoms with E-state index in [2.05, 4.69) is 22.5 Å². The van der Waals surface area contributed by atoms with Crippen LogP contribution in [-0.2, 0) is 0 Å². The molecule has 0 spiro atoms. The van der Waals surface area contributed by atoms with E-state index in [-0.39, 0.29) is 0 Å². The summed E-state index contributed by atoms with van der Waals surface area (Å²) in [5.41, 5.74) is 1.47. The minimum absolute atomic E-state index is 1.47. The van der Waals surface area contributed by atoms with E-state index in [1.807, 2.05) is 14.1 Å². The third-order valence-corrected chi connectivity index (χ3v) is 0.586. The van der Waals surface area contributed by atoms with Crippen molar-refractivity contribution >= 4 is 45.7 Å². The zero-order valence-electron chi connectivity index (χ0n) is 5.91. The van der Waals surface area contributed by atoms with Gasteiger partial charge in [0, 0.05) is 0 Å². The van der Waals surface area contributed by atoms with Crippen molar-refractivity contribution < 1.29 is 19.3 Å². The van der Waals surface area contributed by atoms with E-state index in [0.29, 0.717) is 0 Å². The minimum atomic E-state index is -5.36. The topological polar surface area (TPSA) is 66.5 Å². The molecule has 2 N–H and O–H groups in total. The molecule has 0 saturated heterocycles. The second-order valence-corrected chi connectivity index (χ2v) is 7.70. The maximum atomic E-state index is 9.45. The molecule has 0 atom stereocenters. The summed E-state index contributed by atoms with van der Waals surface area (Å²) < 4.78 is 1.77. The van der Waals surface area contributed by atoms with Crippen LogP contribution >= 0.6 is 40.1 Å². The molecule has 0 fully saturated rings. The summed E-state index contributed by atoms with van der Waals surface area (Å²) in [4.78, 5) is 24.7. The number of hydrogen-bond donors (Lipinski definition) is 2. The molecule has 0 aromatic heterocycles. The second kappa shape index (κ2) is 4.77. The van der Waals surface area contributed by atoms with Gasteiger partial charge in [-0.3, -0.25) is 0 Å². The summed E-state index contributed by atoms with van der Waals surface area (Å²) in [7, 11) is 3.74. The molecular formula is C3H9Cl3NO3P. The average Bonchev–Trinajstić information content (AvgIpc) is 1.59. The van der Waals surface area contributed by atoms with Gasteiger partial charge in [0.2, 0.25) is 5.67 Å². The summed E-state index contributed by atoms with van der Waals surface area (Å²) >= 11 is 13.6. The van der Waals surface area contributed by atoms with Gasteiger partial charge in [0.05, 0.1) is 0 Å². The first-order chi connectivity index (χ1) is 4.51. The number of rotatable bonds is 0. The van der Waals surface area contributed by atoms with E-state index < -0.39 is 5.99 Å². The van der Waals surface area contributed by atoms with Crippen LogP contribution in [-0.4, -0.2) is 34.1 Å². The van der Waals surface area contributed by atoms with Crippen LogP contribution in [0.15, 0.2) is 0 Å². The van der Waals surface area contributed by atoms with Crippen LogP contribution in [0, 0.1) is 0 Å². The Morgan fingerprint density at radius 2 is 1.45 bits per heavy atom. The van der Waals surface area contributed by atoms with E-state index in [9.17, 15) is 4.89 Å². The Hall–Kier alpha value is 0.850. The van der Waals surface area contributed by atoms with Crippen LogP contribution in [0.5, 0.6) is 0 Å². The number of nitrogens with zero attached hydrogens (tertiary/aromatic N) is 1. The first-order valence-corrected chi connectivity index (χ1v) is 6.60. The van der Waals surface area contributed by atoms with Crippen LogP contribution in [0.4, 0.5) is 0 Å². The molecule has 0 aliphatic heterocycles. The first-order valence-electron chi connectivity index (χ1n) is 2.29. The van der Waals surface area contributed by atoms with E-state index in [4.69, 9.17) is 21.4 Å². The van der Waals surface area contributed by atoms with Crippen LogP contribution in [0.3, 0.4) is 0 Å². The van der Waals surface area contributed by atoms with E-state index in [0.717, 1.165) is 0 Å². The van der Waals surface area contributed by atoms with Crippen molar-refractivity contribution in [3.8, 4) is 0 Å². The summed E-state index contributed by atoms with van der Waals surface area (Å²) in [6.07, 6.45) is 0. The molecule has 11 heavy (non-hydrogen) atoms. The quantitative estimate of drug-likeness (QED) is 0.370. The van der Waals surface area contributed by atoms with Crippen molar-refractivity contribution in [3.63, 3.8) is 0 Å². The van der Waals surface area contributed by atoms with Crippen LogP contribution in [0.1, 0.15) is 0 Å². The Balaban J connectivity index is 0. The molecule has 0 aromatic carbocycles. The fourth-order valence-electron chi connectivity index (χ4n) is 0. The molecule has 0 aliphatic carbocycles. The Morgan fingerprint density at radius 1 is 1.36 bits per heavy atom. The van der Waals surface area contributed by atoms with Crippen LogP contribution in [0.2, 0.25) is 0 Å². The molecule has 0 radical (unpaired) electrons. The standard InChI is InChI=1S/C3H7ClN.Cl2H2O3P/c1-5(2)3-4;1-6(2,3,4)5/h3H,1-2H3;3-4H/q+1;-1. The van der Waals surface area contributed by atoms with E-state index in [1.54, 1.807) is 4.58 Å². The summed E-state index contributed by atoms with van der Waals surface area (Å²) in [6, 6.07) is 0. The van der Waals surface area contributed by atoms with Gasteiger partial charge in [-0.25, -0.2) is 4.58 Å². The van der Waals surface area contributed by atoms with Crippen molar-refractivity contribution in [2.45, 2.75) is 0 Å². The van der Waals surface area contributed by atoms with Gasteiger partial charge in [0.25, 0.3) is 0 Å². The SMILES string of the molecule is C[N+](C)=CCl.[O-]P(O)(O)(Cl)Cl. The molecule has 70 valence electrons. The Bertz CT molecular complexity index is 131. The molecule has 0 saturated carbocycles. The van der Waals surface area contributed by atoms with Crippen molar-refractivity contribution in [1.29, 1.82) is 0 Å². The first kappa shape index (κ1) is 14.4. The Labute approximate surface area is 79.4 Å². The van der Waals surface area contributed by atoms with Gasteiger partial charge < -0.3 is 0 Å². The molecule has 8 heteroatoms. The molecule has 0 heterocycles. The molecule has 0 bridgehead atoms. The molecular weight excluding hydrogens is 235 g/mol. The van der Waals surface area contributed by atoms with Crippen molar-refractivity contribution in [3.05, 3.63) is 0 Å². The number of halogens is 3. The predicted molar refractivity (Wildman–Crippen MR) is 47.1 cm³/mol. The predicted octanol–water partition coefficient (Wildman–Crippen LogP) is 0.463. The summed E-state index contributed by atoms with van der Waals surface area (Å²) in [6.45, 7) is 0. The molecule has 0 unspecified atom stereocenters. The van der Waals surface area contributed by atoms with Gasteiger partial charge in [0.15, 0.2) is 0 Å². The second-order valence-electron chi connectivity index (χ2n) is 1.82. The normalized spacial score (nSPS) is 13.6. The fraction of sp³-hybridized carbons (Fsp3) is 0.667. The fourth-order valence-corrected chi connectivity index (χ4v) is 0. The van der Waals surface area contributed by atoms with E-state index in [1.165, 1.54) is 5.67 Å². The van der Waals surface area contributed by atoms with Gasteiger partial charge in [-0.2, -0.15) is 0 Å². The van der Waals surface area contributed by atoms with Crippen LogP contribution in [0.25, 0.3) is 0 Å². The summed E-state index contributed by atoms with van der Waals surface area (Å²) in [5, 5.41) is 0. The number of hydrogen-bond acceptors (Lipinski definition) is 3. The van der Waals surface area contributed by atoms with Gasteiger partial charge in [-0.05, 0) is 11.6 Å². The van der Waals surface area contributed by atoms with Gasteiger partial charge >= 0.3 is 43.2 Å². The molecule has 0 aromatic rings. The molecule has 0 amide bonds. The van der Waals surface area contributed by atoms with Crippen molar-refractivity contribution in [1.82, 2.24) is 0 Å². The molecule has 0 rings (SSSR count). The van der Waals surface area contributed by atoms with Gasteiger partial charge in [0.1, 0.15) is 14.1 Å². The third-order valence-electron chi connectivity index (χ3n) is 0.195. The van der Waals surface area contributed by atoms with Crippen molar-refractivity contribution in [2.75, 3.05) is 14.1 Å². The van der Waals surface area contributed by atoms with Gasteiger partial charge in [-0.15, -0.1) is 0 Å². The third kappa shape index (κ3) is 105. The molecule has 0 aliphatic rings. The van der Waals surface area contributed by atoms with Gasteiger partial charge in [-0.1, -0.05) is 0 Å². The maximum absolute atomic E-state index is 9.45.